The molecule has 0 aliphatic rings. The maximum atomic E-state index is 13.0. The first-order valence-electron chi connectivity index (χ1n) is 12.4. The summed E-state index contributed by atoms with van der Waals surface area (Å²) in [7, 11) is 0.572. The summed E-state index contributed by atoms with van der Waals surface area (Å²) < 4.78 is 28.6. The number of esters is 1. The van der Waals surface area contributed by atoms with Gasteiger partial charge in [0.1, 0.15) is 23.1 Å². The molecule has 39 heavy (non-hydrogen) atoms. The van der Waals surface area contributed by atoms with E-state index < -0.39 is 32.0 Å². The standard InChI is InChI=1S/C26H40BrN3O7SSi/c1-15-28-22(36-30-15)17(29-24(32)35-25(2,3)4)14-38-13-16-18(37-39(10,11)26(5,6)7)12-19(33-8)21(27)20(16)23(31)34-9/h12,17H,13-14H2,1-11H3,(H,29,32)/t17-/m0/s1. The summed E-state index contributed by atoms with van der Waals surface area (Å²) in [6.45, 7) is 17.8. The van der Waals surface area contributed by atoms with E-state index in [1.165, 1.54) is 26.0 Å². The second-order valence-electron chi connectivity index (χ2n) is 11.5. The Bertz CT molecular complexity index is 1180. The van der Waals surface area contributed by atoms with Gasteiger partial charge in [0.2, 0.25) is 14.2 Å². The van der Waals surface area contributed by atoms with Crippen molar-refractivity contribution in [2.24, 2.45) is 0 Å². The van der Waals surface area contributed by atoms with Gasteiger partial charge in [0, 0.05) is 23.1 Å². The number of hydrogen-bond acceptors (Lipinski definition) is 10. The molecule has 1 amide bonds. The van der Waals surface area contributed by atoms with E-state index in [0.717, 1.165) is 0 Å². The molecule has 1 aromatic heterocycles. The Kier molecular flexibility index (Phi) is 10.9. The minimum absolute atomic E-state index is 0.0819. The molecule has 2 aromatic rings. The highest BCUT2D eigenvalue weighted by Crippen LogP contribution is 2.44. The fourth-order valence-corrected chi connectivity index (χ4v) is 5.92. The number of benzene rings is 1. The lowest BCUT2D eigenvalue weighted by Crippen LogP contribution is -2.44. The van der Waals surface area contributed by atoms with Gasteiger partial charge in [-0.3, -0.25) is 0 Å². The maximum Gasteiger partial charge on any atom is 0.408 e. The van der Waals surface area contributed by atoms with Crippen LogP contribution in [0.4, 0.5) is 4.79 Å². The Morgan fingerprint density at radius 3 is 2.28 bits per heavy atom. The minimum Gasteiger partial charge on any atom is -0.543 e. The quantitative estimate of drug-likeness (QED) is 0.217. The highest BCUT2D eigenvalue weighted by Gasteiger charge is 2.40. The second-order valence-corrected chi connectivity index (χ2v) is 18.0. The van der Waals surface area contributed by atoms with Crippen molar-refractivity contribution in [3.63, 3.8) is 0 Å². The second kappa shape index (κ2) is 12.9. The smallest absolute Gasteiger partial charge is 0.408 e. The van der Waals surface area contributed by atoms with E-state index in [-0.39, 0.29) is 10.9 Å². The molecule has 10 nitrogen and oxygen atoms in total. The van der Waals surface area contributed by atoms with Crippen LogP contribution in [0, 0.1) is 6.92 Å². The van der Waals surface area contributed by atoms with Crippen LogP contribution < -0.4 is 14.5 Å². The first-order chi connectivity index (χ1) is 17.9. The third-order valence-electron chi connectivity index (χ3n) is 6.14. The highest BCUT2D eigenvalue weighted by molar-refractivity contribution is 9.10. The van der Waals surface area contributed by atoms with Crippen LogP contribution in [0.5, 0.6) is 11.5 Å². The van der Waals surface area contributed by atoms with Crippen molar-refractivity contribution in [1.82, 2.24) is 15.5 Å². The van der Waals surface area contributed by atoms with Crippen molar-refractivity contribution in [3.05, 3.63) is 33.4 Å². The van der Waals surface area contributed by atoms with Gasteiger partial charge in [-0.25, -0.2) is 9.59 Å². The molecule has 0 unspecified atom stereocenters. The van der Waals surface area contributed by atoms with Gasteiger partial charge >= 0.3 is 12.1 Å². The Labute approximate surface area is 244 Å². The molecule has 0 aliphatic carbocycles. The molecule has 0 radical (unpaired) electrons. The van der Waals surface area contributed by atoms with Gasteiger partial charge in [-0.2, -0.15) is 16.7 Å². The van der Waals surface area contributed by atoms with Crippen LogP contribution in [0.15, 0.2) is 15.1 Å². The lowest BCUT2D eigenvalue weighted by atomic mass is 10.1. The SMILES string of the molecule is COC(=O)c1c(Br)c(OC)cc(O[Si](C)(C)C(C)(C)C)c1CSC[C@H](NC(=O)OC(C)(C)C)c1nc(C)no1. The normalized spacial score (nSPS) is 13.0. The first-order valence-corrected chi connectivity index (χ1v) is 17.3. The number of nitrogens with one attached hydrogen (secondary N) is 1. The predicted octanol–water partition coefficient (Wildman–Crippen LogP) is 6.82. The summed E-state index contributed by atoms with van der Waals surface area (Å²) in [6, 6.07) is 1.17. The van der Waals surface area contributed by atoms with Crippen LogP contribution >= 0.6 is 27.7 Å². The largest absolute Gasteiger partial charge is 0.543 e. The van der Waals surface area contributed by atoms with Crippen molar-refractivity contribution in [2.45, 2.75) is 84.0 Å². The van der Waals surface area contributed by atoms with E-state index in [1.54, 1.807) is 33.8 Å². The zero-order valence-electron chi connectivity index (χ0n) is 24.6. The number of thioether (sulfide) groups is 1. The van der Waals surface area contributed by atoms with Gasteiger partial charge in [-0.05, 0) is 61.8 Å². The van der Waals surface area contributed by atoms with Gasteiger partial charge in [0.15, 0.2) is 5.82 Å². The monoisotopic (exact) mass is 645 g/mol. The first kappa shape index (κ1) is 33.0. The fourth-order valence-electron chi connectivity index (χ4n) is 3.13. The van der Waals surface area contributed by atoms with E-state index in [1.807, 2.05) is 0 Å². The van der Waals surface area contributed by atoms with Crippen LogP contribution in [0.2, 0.25) is 18.1 Å². The molecule has 0 aliphatic heterocycles. The molecular weight excluding hydrogens is 606 g/mol. The van der Waals surface area contributed by atoms with Crippen LogP contribution in [0.25, 0.3) is 0 Å². The van der Waals surface area contributed by atoms with Crippen molar-refractivity contribution in [2.75, 3.05) is 20.0 Å². The molecular formula is C26H40BrN3O7SSi. The van der Waals surface area contributed by atoms with Crippen molar-refractivity contribution in [1.29, 1.82) is 0 Å². The molecule has 218 valence electrons. The van der Waals surface area contributed by atoms with Gasteiger partial charge in [0.25, 0.3) is 0 Å². The number of aromatic nitrogens is 2. The third kappa shape index (κ3) is 8.87. The summed E-state index contributed by atoms with van der Waals surface area (Å²) in [4.78, 5) is 29.8. The van der Waals surface area contributed by atoms with Crippen molar-refractivity contribution in [3.8, 4) is 11.5 Å². The molecule has 1 aromatic carbocycles. The molecule has 13 heteroatoms. The van der Waals surface area contributed by atoms with Crippen LogP contribution in [0.1, 0.15) is 75.2 Å². The highest BCUT2D eigenvalue weighted by atomic mass is 79.9. The van der Waals surface area contributed by atoms with Crippen LogP contribution in [-0.2, 0) is 15.2 Å². The average Bonchev–Trinajstić information content (AvgIpc) is 3.23. The molecule has 0 fully saturated rings. The van der Waals surface area contributed by atoms with Gasteiger partial charge in [-0.15, -0.1) is 0 Å². The number of methoxy groups -OCH3 is 2. The van der Waals surface area contributed by atoms with E-state index in [9.17, 15) is 9.59 Å². The zero-order chi connectivity index (χ0) is 29.8. The number of aryl methyl sites for hydroxylation is 1. The molecule has 1 atom stereocenters. The zero-order valence-corrected chi connectivity index (χ0v) is 28.0. The van der Waals surface area contributed by atoms with Gasteiger partial charge in [-0.1, -0.05) is 25.9 Å². The minimum atomic E-state index is -2.29. The lowest BCUT2D eigenvalue weighted by molar-refractivity contribution is 0.0499. The number of rotatable bonds is 10. The number of nitrogens with zero attached hydrogens (tertiary/aromatic N) is 2. The van der Waals surface area contributed by atoms with Crippen LogP contribution in [-0.4, -0.2) is 56.1 Å². The predicted molar refractivity (Wildman–Crippen MR) is 157 cm³/mol. The molecule has 2 rings (SSSR count). The molecule has 1 heterocycles. The molecule has 0 saturated carbocycles. The number of carbonyl (C=O) groups excluding carboxylic acids is 2. The van der Waals surface area contributed by atoms with Gasteiger partial charge in [0.05, 0.1) is 24.3 Å². The van der Waals surface area contributed by atoms with E-state index in [4.69, 9.17) is 23.2 Å². The number of halogens is 1. The van der Waals surface area contributed by atoms with Crippen molar-refractivity contribution >= 4 is 48.1 Å². The summed E-state index contributed by atoms with van der Waals surface area (Å²) in [5.41, 5.74) is 0.304. The fraction of sp³-hybridized carbons (Fsp3) is 0.615. The Hall–Kier alpha value is -2.25. The molecule has 1 N–H and O–H groups in total. The number of ether oxygens (including phenoxy) is 3. The summed E-state index contributed by atoms with van der Waals surface area (Å²) in [6.07, 6.45) is -0.603. The maximum absolute atomic E-state index is 13.0. The number of amides is 1. The molecule has 0 saturated heterocycles. The number of alkyl carbamates (subject to hydrolysis) is 1. The van der Waals surface area contributed by atoms with Gasteiger partial charge < -0.3 is 28.5 Å². The summed E-state index contributed by atoms with van der Waals surface area (Å²) in [5, 5.41) is 6.59. The Morgan fingerprint density at radius 1 is 1.15 bits per heavy atom. The topological polar surface area (TPSA) is 122 Å². The summed E-state index contributed by atoms with van der Waals surface area (Å²) >= 11 is 4.98. The van der Waals surface area contributed by atoms with E-state index >= 15 is 0 Å². The van der Waals surface area contributed by atoms with Crippen molar-refractivity contribution < 1.29 is 32.7 Å². The van der Waals surface area contributed by atoms with E-state index in [2.05, 4.69) is 65.3 Å². The number of hydrogen-bond donors (Lipinski definition) is 1. The summed E-state index contributed by atoms with van der Waals surface area (Å²) in [5.74, 6) is 1.91. The number of carbonyl (C=O) groups is 2. The average molecular weight is 647 g/mol. The van der Waals surface area contributed by atoms with Crippen LogP contribution in [0.3, 0.4) is 0 Å². The van der Waals surface area contributed by atoms with E-state index in [0.29, 0.717) is 44.4 Å². The lowest BCUT2D eigenvalue weighted by Gasteiger charge is -2.37. The third-order valence-corrected chi connectivity index (χ3v) is 12.3. The Balaban J connectivity index is 2.46. The molecule has 0 bridgehead atoms. The molecule has 0 spiro atoms. The Morgan fingerprint density at radius 2 is 1.79 bits per heavy atom.